The van der Waals surface area contributed by atoms with Gasteiger partial charge in [-0.05, 0) is 24.3 Å². The maximum Gasteiger partial charge on any atom is 0.573 e. The number of halogens is 3. The number of aryl methyl sites for hydroxylation is 1. The van der Waals surface area contributed by atoms with Crippen molar-refractivity contribution in [3.8, 4) is 5.75 Å². The molecule has 1 N–H and O–H groups in total. The first kappa shape index (κ1) is 22.1. The molecule has 2 aromatic rings. The minimum atomic E-state index is -4.78. The second-order valence-electron chi connectivity index (χ2n) is 6.65. The molecule has 1 aliphatic rings. The van der Waals surface area contributed by atoms with Gasteiger partial charge in [-0.2, -0.15) is 9.40 Å². The number of nitrogens with zero attached hydrogens (tertiary/aromatic N) is 4. The predicted molar refractivity (Wildman–Crippen MR) is 100 cm³/mol. The van der Waals surface area contributed by atoms with Gasteiger partial charge in [0, 0.05) is 45.1 Å². The molecule has 164 valence electrons. The molecule has 0 saturated carbocycles. The molecule has 30 heavy (non-hydrogen) atoms. The van der Waals surface area contributed by atoms with E-state index in [-0.39, 0.29) is 36.2 Å². The van der Waals surface area contributed by atoms with Crippen molar-refractivity contribution < 1.29 is 31.1 Å². The van der Waals surface area contributed by atoms with E-state index in [1.165, 1.54) is 33.5 Å². The van der Waals surface area contributed by atoms with Crippen LogP contribution in [0, 0.1) is 0 Å². The lowest BCUT2D eigenvalue weighted by atomic mass is 10.3. The zero-order chi connectivity index (χ0) is 21.9. The minimum absolute atomic E-state index is 0.0293. The summed E-state index contributed by atoms with van der Waals surface area (Å²) >= 11 is 0. The van der Waals surface area contributed by atoms with Gasteiger partial charge < -0.3 is 10.1 Å². The van der Waals surface area contributed by atoms with Crippen molar-refractivity contribution in [3.05, 3.63) is 36.7 Å². The van der Waals surface area contributed by atoms with Crippen molar-refractivity contribution in [3.63, 3.8) is 0 Å². The van der Waals surface area contributed by atoms with Crippen LogP contribution in [0.5, 0.6) is 5.75 Å². The first-order valence-corrected chi connectivity index (χ1v) is 10.3. The van der Waals surface area contributed by atoms with Crippen molar-refractivity contribution in [1.29, 1.82) is 0 Å². The van der Waals surface area contributed by atoms with Gasteiger partial charge in [0.2, 0.25) is 15.9 Å². The van der Waals surface area contributed by atoms with E-state index in [0.29, 0.717) is 18.8 Å². The Kier molecular flexibility index (Phi) is 6.33. The van der Waals surface area contributed by atoms with Gasteiger partial charge in [-0.25, -0.2) is 8.42 Å². The van der Waals surface area contributed by atoms with Crippen LogP contribution in [0.1, 0.15) is 0 Å². The molecule has 13 heteroatoms. The van der Waals surface area contributed by atoms with E-state index < -0.39 is 16.4 Å². The van der Waals surface area contributed by atoms with E-state index in [0.717, 1.165) is 12.1 Å². The number of alkyl halides is 3. The third kappa shape index (κ3) is 5.70. The number of rotatable bonds is 6. The van der Waals surface area contributed by atoms with Crippen LogP contribution < -0.4 is 10.1 Å². The molecule has 1 aromatic carbocycles. The molecular weight excluding hydrogens is 427 g/mol. The van der Waals surface area contributed by atoms with Gasteiger partial charge in [-0.15, -0.1) is 13.2 Å². The van der Waals surface area contributed by atoms with E-state index in [2.05, 4.69) is 15.2 Å². The average Bonchev–Trinajstić information content (AvgIpc) is 3.10. The number of amides is 1. The third-order valence-corrected chi connectivity index (χ3v) is 6.24. The molecule has 0 unspecified atom stereocenters. The number of aromatic nitrogens is 2. The van der Waals surface area contributed by atoms with Crippen LogP contribution in [0.2, 0.25) is 0 Å². The van der Waals surface area contributed by atoms with Gasteiger partial charge in [0.05, 0.1) is 12.7 Å². The summed E-state index contributed by atoms with van der Waals surface area (Å²) in [5.41, 5.74) is 0.326. The maximum absolute atomic E-state index is 12.6. The fourth-order valence-corrected chi connectivity index (χ4v) is 4.36. The number of ether oxygens (including phenoxy) is 1. The van der Waals surface area contributed by atoms with Crippen LogP contribution in [-0.2, 0) is 21.9 Å². The normalized spacial score (nSPS) is 16.4. The van der Waals surface area contributed by atoms with Crippen molar-refractivity contribution >= 4 is 21.6 Å². The molecule has 2 heterocycles. The van der Waals surface area contributed by atoms with Gasteiger partial charge in [-0.3, -0.25) is 14.4 Å². The molecular formula is C17H20F3N5O4S. The van der Waals surface area contributed by atoms with Crippen molar-refractivity contribution in [1.82, 2.24) is 19.0 Å². The molecule has 1 saturated heterocycles. The SMILES string of the molecule is Cn1cc(S(=O)(=O)N2CCN(CC(=O)Nc3ccc(OC(F)(F)F)cc3)CC2)cn1. The summed E-state index contributed by atoms with van der Waals surface area (Å²) in [5, 5.41) is 6.47. The van der Waals surface area contributed by atoms with Crippen LogP contribution in [0.25, 0.3) is 0 Å². The summed E-state index contributed by atoms with van der Waals surface area (Å²) in [5.74, 6) is -0.741. The summed E-state index contributed by atoms with van der Waals surface area (Å²) in [6, 6.07) is 4.81. The first-order valence-electron chi connectivity index (χ1n) is 8.90. The molecule has 1 aliphatic heterocycles. The summed E-state index contributed by atoms with van der Waals surface area (Å²) < 4.78 is 68.2. The van der Waals surface area contributed by atoms with Gasteiger partial charge in [-0.1, -0.05) is 0 Å². The molecule has 0 radical (unpaired) electrons. The van der Waals surface area contributed by atoms with Gasteiger partial charge in [0.15, 0.2) is 0 Å². The standard InChI is InChI=1S/C17H20F3N5O4S/c1-23-11-15(10-21-23)30(27,28)25-8-6-24(7-9-25)12-16(26)22-13-2-4-14(5-3-13)29-17(18,19)20/h2-5,10-11H,6-9,12H2,1H3,(H,22,26). The minimum Gasteiger partial charge on any atom is -0.406 e. The van der Waals surface area contributed by atoms with E-state index in [1.54, 1.807) is 11.9 Å². The van der Waals surface area contributed by atoms with Gasteiger partial charge >= 0.3 is 6.36 Å². The van der Waals surface area contributed by atoms with E-state index in [1.807, 2.05) is 0 Å². The first-order chi connectivity index (χ1) is 14.0. The van der Waals surface area contributed by atoms with Crippen LogP contribution >= 0.6 is 0 Å². The van der Waals surface area contributed by atoms with Gasteiger partial charge in [0.1, 0.15) is 10.6 Å². The number of nitrogens with one attached hydrogen (secondary N) is 1. The number of anilines is 1. The van der Waals surface area contributed by atoms with Crippen molar-refractivity contribution in [2.75, 3.05) is 38.0 Å². The highest BCUT2D eigenvalue weighted by atomic mass is 32.2. The Morgan fingerprint density at radius 2 is 1.80 bits per heavy atom. The Balaban J connectivity index is 1.48. The zero-order valence-corrected chi connectivity index (χ0v) is 16.8. The smallest absolute Gasteiger partial charge is 0.406 e. The zero-order valence-electron chi connectivity index (χ0n) is 16.0. The average molecular weight is 447 g/mol. The topological polar surface area (TPSA) is 96.8 Å². The summed E-state index contributed by atoms with van der Waals surface area (Å²) in [4.78, 5) is 14.1. The van der Waals surface area contributed by atoms with Crippen LogP contribution in [0.4, 0.5) is 18.9 Å². The molecule has 9 nitrogen and oxygen atoms in total. The van der Waals surface area contributed by atoms with Crippen molar-refractivity contribution in [2.24, 2.45) is 7.05 Å². The lowest BCUT2D eigenvalue weighted by Crippen LogP contribution is -2.50. The van der Waals surface area contributed by atoms with E-state index in [4.69, 9.17) is 0 Å². The highest BCUT2D eigenvalue weighted by molar-refractivity contribution is 7.89. The Bertz CT molecular complexity index is 984. The van der Waals surface area contributed by atoms with Crippen molar-refractivity contribution in [2.45, 2.75) is 11.3 Å². The number of piperazine rings is 1. The maximum atomic E-state index is 12.6. The van der Waals surface area contributed by atoms with Crippen LogP contribution in [0.3, 0.4) is 0 Å². The quantitative estimate of drug-likeness (QED) is 0.716. The molecule has 0 bridgehead atoms. The Morgan fingerprint density at radius 1 is 1.17 bits per heavy atom. The van der Waals surface area contributed by atoms with Crippen LogP contribution in [0.15, 0.2) is 41.6 Å². The molecule has 0 atom stereocenters. The van der Waals surface area contributed by atoms with E-state index >= 15 is 0 Å². The van der Waals surface area contributed by atoms with Crippen LogP contribution in [-0.4, -0.2) is 72.4 Å². The summed E-state index contributed by atoms with van der Waals surface area (Å²) in [6.45, 7) is 1.22. The lowest BCUT2D eigenvalue weighted by Gasteiger charge is -2.33. The Morgan fingerprint density at radius 3 is 2.33 bits per heavy atom. The molecule has 1 amide bonds. The monoisotopic (exact) mass is 447 g/mol. The number of carbonyl (C=O) groups is 1. The molecule has 3 rings (SSSR count). The predicted octanol–water partition coefficient (Wildman–Crippen LogP) is 1.26. The largest absolute Gasteiger partial charge is 0.573 e. The van der Waals surface area contributed by atoms with E-state index in [9.17, 15) is 26.4 Å². The third-order valence-electron chi connectivity index (χ3n) is 4.39. The fraction of sp³-hybridized carbons (Fsp3) is 0.412. The Labute approximate surface area is 171 Å². The number of hydrogen-bond acceptors (Lipinski definition) is 6. The highest BCUT2D eigenvalue weighted by Crippen LogP contribution is 2.24. The number of benzene rings is 1. The molecule has 0 spiro atoms. The summed E-state index contributed by atoms with van der Waals surface area (Å²) in [6.07, 6.45) is -2.06. The number of carbonyl (C=O) groups excluding carboxylic acids is 1. The summed E-state index contributed by atoms with van der Waals surface area (Å²) in [7, 11) is -2.00. The second-order valence-corrected chi connectivity index (χ2v) is 8.59. The number of sulfonamides is 1. The molecule has 1 fully saturated rings. The van der Waals surface area contributed by atoms with Gasteiger partial charge in [0.25, 0.3) is 0 Å². The molecule has 0 aliphatic carbocycles. The fourth-order valence-electron chi connectivity index (χ4n) is 2.95. The Hall–Kier alpha value is -2.64. The lowest BCUT2D eigenvalue weighted by molar-refractivity contribution is -0.274. The molecule has 1 aromatic heterocycles. The second kappa shape index (κ2) is 8.62. The highest BCUT2D eigenvalue weighted by Gasteiger charge is 2.31. The number of hydrogen-bond donors (Lipinski definition) is 1.